The van der Waals surface area contributed by atoms with E-state index in [4.69, 9.17) is 4.74 Å². The van der Waals surface area contributed by atoms with Crippen LogP contribution >= 0.6 is 24.0 Å². The van der Waals surface area contributed by atoms with Crippen molar-refractivity contribution in [1.29, 1.82) is 0 Å². The highest BCUT2D eigenvalue weighted by Gasteiger charge is 2.65. The van der Waals surface area contributed by atoms with E-state index < -0.39 is 0 Å². The molecule has 4 nitrogen and oxygen atoms in total. The first kappa shape index (κ1) is 14.4. The SMILES string of the molecule is CN=C(NC)NC1C2CCOC2C12CCCC2.I. The van der Waals surface area contributed by atoms with E-state index in [1.807, 2.05) is 14.1 Å². The van der Waals surface area contributed by atoms with Crippen LogP contribution in [-0.4, -0.2) is 38.8 Å². The lowest BCUT2D eigenvalue weighted by Crippen LogP contribution is -2.69. The largest absolute Gasteiger partial charge is 0.377 e. The lowest BCUT2D eigenvalue weighted by atomic mass is 9.54. The average Bonchev–Trinajstić information content (AvgIpc) is 2.98. The van der Waals surface area contributed by atoms with Crippen LogP contribution in [0, 0.1) is 11.3 Å². The van der Waals surface area contributed by atoms with E-state index in [0.29, 0.717) is 23.5 Å². The molecular weight excluding hydrogens is 341 g/mol. The number of guanidine groups is 1. The van der Waals surface area contributed by atoms with Crippen LogP contribution in [0.2, 0.25) is 0 Å². The third-order valence-electron chi connectivity index (χ3n) is 5.04. The van der Waals surface area contributed by atoms with Gasteiger partial charge in [0, 0.05) is 38.1 Å². The molecule has 0 radical (unpaired) electrons. The van der Waals surface area contributed by atoms with Gasteiger partial charge in [-0.15, -0.1) is 24.0 Å². The first-order valence-electron chi connectivity index (χ1n) is 6.84. The van der Waals surface area contributed by atoms with Gasteiger partial charge in [0.25, 0.3) is 0 Å². The number of ether oxygens (including phenoxy) is 1. The number of fused-ring (bicyclic) bond motifs is 2. The van der Waals surface area contributed by atoms with E-state index in [-0.39, 0.29) is 24.0 Å². The predicted octanol–water partition coefficient (Wildman–Crippen LogP) is 1.75. The summed E-state index contributed by atoms with van der Waals surface area (Å²) in [5.41, 5.74) is 0.411. The highest BCUT2D eigenvalue weighted by atomic mass is 127. The minimum atomic E-state index is 0. The molecule has 18 heavy (non-hydrogen) atoms. The van der Waals surface area contributed by atoms with Gasteiger partial charge in [0.1, 0.15) is 0 Å². The monoisotopic (exact) mass is 365 g/mol. The fourth-order valence-corrected chi connectivity index (χ4v) is 4.30. The summed E-state index contributed by atoms with van der Waals surface area (Å²) in [4.78, 5) is 4.25. The highest BCUT2D eigenvalue weighted by Crippen LogP contribution is 2.60. The summed E-state index contributed by atoms with van der Waals surface area (Å²) >= 11 is 0. The maximum atomic E-state index is 5.97. The van der Waals surface area contributed by atoms with E-state index >= 15 is 0 Å². The topological polar surface area (TPSA) is 45.7 Å². The van der Waals surface area contributed by atoms with Crippen molar-refractivity contribution >= 4 is 29.9 Å². The molecule has 0 bridgehead atoms. The van der Waals surface area contributed by atoms with Gasteiger partial charge in [0.2, 0.25) is 0 Å². The fourth-order valence-electron chi connectivity index (χ4n) is 4.30. The summed E-state index contributed by atoms with van der Waals surface area (Å²) in [6, 6.07) is 0.573. The Bertz CT molecular complexity index is 328. The number of halogens is 1. The van der Waals surface area contributed by atoms with Crippen molar-refractivity contribution < 1.29 is 4.74 Å². The summed E-state index contributed by atoms with van der Waals surface area (Å²) in [6.45, 7) is 0.952. The first-order chi connectivity index (χ1) is 8.31. The summed E-state index contributed by atoms with van der Waals surface area (Å²) in [5, 5.41) is 6.75. The molecule has 2 aliphatic carbocycles. The van der Waals surface area contributed by atoms with Crippen LogP contribution in [0.15, 0.2) is 4.99 Å². The Hall–Kier alpha value is -0.0400. The van der Waals surface area contributed by atoms with Gasteiger partial charge >= 0.3 is 0 Å². The van der Waals surface area contributed by atoms with Gasteiger partial charge in [-0.25, -0.2) is 0 Å². The number of nitrogens with one attached hydrogen (secondary N) is 2. The molecule has 3 fully saturated rings. The first-order valence-corrected chi connectivity index (χ1v) is 6.84. The fraction of sp³-hybridized carbons (Fsp3) is 0.923. The van der Waals surface area contributed by atoms with Gasteiger partial charge in [0.05, 0.1) is 6.10 Å². The lowest BCUT2D eigenvalue weighted by Gasteiger charge is -2.57. The Morgan fingerprint density at radius 1 is 1.33 bits per heavy atom. The molecule has 104 valence electrons. The van der Waals surface area contributed by atoms with Crippen LogP contribution in [0.1, 0.15) is 32.1 Å². The van der Waals surface area contributed by atoms with Crippen molar-refractivity contribution in [2.45, 2.75) is 44.2 Å². The third-order valence-corrected chi connectivity index (χ3v) is 5.04. The number of rotatable bonds is 1. The van der Waals surface area contributed by atoms with Gasteiger partial charge < -0.3 is 15.4 Å². The Balaban J connectivity index is 0.00000120. The van der Waals surface area contributed by atoms with Gasteiger partial charge in [-0.3, -0.25) is 4.99 Å². The number of hydrogen-bond acceptors (Lipinski definition) is 2. The summed E-state index contributed by atoms with van der Waals surface area (Å²) in [7, 11) is 3.76. The van der Waals surface area contributed by atoms with Crippen LogP contribution < -0.4 is 10.6 Å². The quantitative estimate of drug-likeness (QED) is 0.423. The molecule has 3 atom stereocenters. The highest BCUT2D eigenvalue weighted by molar-refractivity contribution is 14.0. The molecule has 0 aromatic heterocycles. The molecule has 3 unspecified atom stereocenters. The van der Waals surface area contributed by atoms with E-state index in [2.05, 4.69) is 15.6 Å². The molecular formula is C13H24IN3O. The van der Waals surface area contributed by atoms with Crippen LogP contribution in [0.4, 0.5) is 0 Å². The standard InChI is InChI=1S/C13H23N3O.HI/c1-14-12(15-2)16-10-9-5-8-17-11(9)13(10)6-3-4-7-13;/h9-11H,3-8H2,1-2H3,(H2,14,15,16);1H. The number of hydrogen-bond donors (Lipinski definition) is 2. The van der Waals surface area contributed by atoms with Crippen molar-refractivity contribution in [3.05, 3.63) is 0 Å². The second-order valence-electron chi connectivity index (χ2n) is 5.63. The molecule has 1 saturated heterocycles. The van der Waals surface area contributed by atoms with Gasteiger partial charge in [-0.2, -0.15) is 0 Å². The minimum absolute atomic E-state index is 0. The Kier molecular flexibility index (Phi) is 4.41. The normalized spacial score (nSPS) is 36.8. The van der Waals surface area contributed by atoms with Crippen molar-refractivity contribution in [2.24, 2.45) is 16.3 Å². The van der Waals surface area contributed by atoms with Crippen LogP contribution in [0.5, 0.6) is 0 Å². The van der Waals surface area contributed by atoms with E-state index in [1.54, 1.807) is 0 Å². The molecule has 0 aromatic carbocycles. The second kappa shape index (κ2) is 5.53. The van der Waals surface area contributed by atoms with Crippen LogP contribution in [0.3, 0.4) is 0 Å². The Labute approximate surface area is 126 Å². The molecule has 5 heteroatoms. The van der Waals surface area contributed by atoms with Crippen LogP contribution in [0.25, 0.3) is 0 Å². The predicted molar refractivity (Wildman–Crippen MR) is 83.5 cm³/mol. The van der Waals surface area contributed by atoms with E-state index in [0.717, 1.165) is 12.6 Å². The summed E-state index contributed by atoms with van der Waals surface area (Å²) in [5.74, 6) is 1.63. The zero-order valence-electron chi connectivity index (χ0n) is 11.2. The Morgan fingerprint density at radius 3 is 2.67 bits per heavy atom. The van der Waals surface area contributed by atoms with Crippen LogP contribution in [-0.2, 0) is 4.74 Å². The molecule has 1 aliphatic heterocycles. The van der Waals surface area contributed by atoms with Crippen molar-refractivity contribution in [1.82, 2.24) is 10.6 Å². The molecule has 0 amide bonds. The zero-order valence-corrected chi connectivity index (χ0v) is 13.6. The summed E-state index contributed by atoms with van der Waals surface area (Å²) in [6.07, 6.45) is 7.12. The lowest BCUT2D eigenvalue weighted by molar-refractivity contribution is -0.124. The smallest absolute Gasteiger partial charge is 0.190 e. The molecule has 1 spiro atoms. The number of nitrogens with zero attached hydrogens (tertiary/aromatic N) is 1. The van der Waals surface area contributed by atoms with Gasteiger partial charge in [-0.05, 0) is 19.3 Å². The average molecular weight is 365 g/mol. The second-order valence-corrected chi connectivity index (χ2v) is 5.63. The molecule has 3 rings (SSSR count). The maximum absolute atomic E-state index is 5.97. The van der Waals surface area contributed by atoms with Gasteiger partial charge in [-0.1, -0.05) is 12.8 Å². The molecule has 3 aliphatic rings. The molecule has 0 aromatic rings. The minimum Gasteiger partial charge on any atom is -0.377 e. The number of aliphatic imine (C=N–C) groups is 1. The molecule has 2 N–H and O–H groups in total. The van der Waals surface area contributed by atoms with Crippen molar-refractivity contribution in [3.8, 4) is 0 Å². The van der Waals surface area contributed by atoms with Crippen molar-refractivity contribution in [2.75, 3.05) is 20.7 Å². The molecule has 1 heterocycles. The zero-order chi connectivity index (χ0) is 11.9. The molecule has 2 saturated carbocycles. The maximum Gasteiger partial charge on any atom is 0.190 e. The van der Waals surface area contributed by atoms with Crippen molar-refractivity contribution in [3.63, 3.8) is 0 Å². The third kappa shape index (κ3) is 1.94. The Morgan fingerprint density at radius 2 is 2.06 bits per heavy atom. The summed E-state index contributed by atoms with van der Waals surface area (Å²) < 4.78 is 5.97. The van der Waals surface area contributed by atoms with Gasteiger partial charge in [0.15, 0.2) is 5.96 Å². The van der Waals surface area contributed by atoms with E-state index in [1.165, 1.54) is 32.1 Å². The van der Waals surface area contributed by atoms with E-state index in [9.17, 15) is 0 Å².